The molecule has 4 heteroatoms. The summed E-state index contributed by atoms with van der Waals surface area (Å²) in [4.78, 5) is 0. The lowest BCUT2D eigenvalue weighted by atomic mass is 9.86. The van der Waals surface area contributed by atoms with Crippen LogP contribution in [0.25, 0.3) is 0 Å². The van der Waals surface area contributed by atoms with Gasteiger partial charge in [0.15, 0.2) is 0 Å². The highest BCUT2D eigenvalue weighted by Gasteiger charge is 2.36. The average Bonchev–Trinajstić information content (AvgIpc) is 2.21. The number of rotatable bonds is 9. The van der Waals surface area contributed by atoms with E-state index in [1.165, 1.54) is 57.8 Å². The maximum atomic E-state index is 5.98. The summed E-state index contributed by atoms with van der Waals surface area (Å²) in [5.41, 5.74) is 0. The molecule has 0 unspecified atom stereocenters. The maximum absolute atomic E-state index is 5.98. The van der Waals surface area contributed by atoms with Crippen molar-refractivity contribution in [3.05, 3.63) is 0 Å². The molecule has 0 spiro atoms. The molecule has 0 radical (unpaired) electrons. The summed E-state index contributed by atoms with van der Waals surface area (Å²) in [6.07, 6.45) is 12.2. The predicted molar refractivity (Wildman–Crippen MR) is 75.6 cm³/mol. The van der Waals surface area contributed by atoms with Crippen LogP contribution in [0.15, 0.2) is 0 Å². The minimum absolute atomic E-state index is 0.787. The normalized spacial score (nSPS) is 24.6. The molecule has 0 saturated heterocycles. The van der Waals surface area contributed by atoms with E-state index in [9.17, 15) is 0 Å². The maximum Gasteiger partial charge on any atom is 0.905 e. The summed E-state index contributed by atoms with van der Waals surface area (Å²) in [6.45, 7) is 2.64. The Labute approximate surface area is 122 Å². The predicted octanol–water partition coefficient (Wildman–Crippen LogP) is 3.42. The molecule has 0 aliphatic heterocycles. The van der Waals surface area contributed by atoms with Crippen LogP contribution >= 0.6 is 0 Å². The Balaban J connectivity index is 1.33. The quantitative estimate of drug-likeness (QED) is 0.606. The third-order valence-corrected chi connectivity index (χ3v) is 6.47. The summed E-state index contributed by atoms with van der Waals surface area (Å²) in [5.74, 6) is 2.36. The van der Waals surface area contributed by atoms with Gasteiger partial charge in [0.05, 0.1) is 0 Å². The molecule has 3 saturated carbocycles. The molecule has 0 aromatic rings. The Hall–Kier alpha value is 0.412. The molecule has 3 rings (SSSR count). The van der Waals surface area contributed by atoms with Crippen molar-refractivity contribution in [3.8, 4) is 0 Å². The van der Waals surface area contributed by atoms with Crippen molar-refractivity contribution in [1.82, 2.24) is 0 Å². The van der Waals surface area contributed by atoms with Crippen LogP contribution in [0.4, 0.5) is 0 Å². The van der Waals surface area contributed by atoms with E-state index in [1.807, 2.05) is 0 Å². The molecular formula is C15H27AlO3. The summed E-state index contributed by atoms with van der Waals surface area (Å²) in [6, 6.07) is 0. The molecule has 0 heterocycles. The minimum atomic E-state index is -1.84. The third kappa shape index (κ3) is 4.44. The Kier molecular flexibility index (Phi) is 5.61. The largest absolute Gasteiger partial charge is 0.905 e. The highest BCUT2D eigenvalue weighted by Crippen LogP contribution is 2.29. The molecule has 19 heavy (non-hydrogen) atoms. The first-order valence-corrected chi connectivity index (χ1v) is 9.66. The first-order chi connectivity index (χ1) is 9.40. The van der Waals surface area contributed by atoms with E-state index in [-0.39, 0.29) is 0 Å². The lowest BCUT2D eigenvalue weighted by molar-refractivity contribution is 0.0323. The molecule has 0 N–H and O–H groups in total. The summed E-state index contributed by atoms with van der Waals surface area (Å²) >= 11 is -1.84. The van der Waals surface area contributed by atoms with Crippen molar-refractivity contribution >= 4 is 15.1 Å². The van der Waals surface area contributed by atoms with E-state index in [4.69, 9.17) is 11.4 Å². The Morgan fingerprint density at radius 3 is 1.11 bits per heavy atom. The van der Waals surface area contributed by atoms with Crippen LogP contribution < -0.4 is 0 Å². The van der Waals surface area contributed by atoms with Crippen molar-refractivity contribution in [3.63, 3.8) is 0 Å². The lowest BCUT2D eigenvalue weighted by Crippen LogP contribution is -2.35. The molecule has 3 aliphatic carbocycles. The second-order valence-electron chi connectivity index (χ2n) is 6.68. The molecular weight excluding hydrogens is 255 g/mol. The molecule has 0 amide bonds. The summed E-state index contributed by atoms with van der Waals surface area (Å²) < 4.78 is 17.9. The Morgan fingerprint density at radius 2 is 0.895 bits per heavy atom. The standard InChI is InChI=1S/3C5H9O.Al/c3*6-4-5-2-1-3-5;/h3*5H,1-4H2;/q3*-1;+3. The Bertz CT molecular complexity index is 219. The Morgan fingerprint density at radius 1 is 0.579 bits per heavy atom. The van der Waals surface area contributed by atoms with Crippen LogP contribution in [0.2, 0.25) is 0 Å². The fourth-order valence-electron chi connectivity index (χ4n) is 2.77. The fourth-order valence-corrected chi connectivity index (χ4v) is 4.34. The minimum Gasteiger partial charge on any atom is -0.454 e. The van der Waals surface area contributed by atoms with Crippen molar-refractivity contribution in [2.24, 2.45) is 17.8 Å². The number of hydrogen-bond donors (Lipinski definition) is 0. The van der Waals surface area contributed by atoms with E-state index < -0.39 is 15.1 Å². The van der Waals surface area contributed by atoms with Crippen LogP contribution in [0.5, 0.6) is 0 Å². The van der Waals surface area contributed by atoms with Gasteiger partial charge in [-0.25, -0.2) is 0 Å². The first-order valence-electron chi connectivity index (χ1n) is 8.25. The van der Waals surface area contributed by atoms with Gasteiger partial charge in [0.2, 0.25) is 0 Å². The van der Waals surface area contributed by atoms with Gasteiger partial charge >= 0.3 is 15.1 Å². The van der Waals surface area contributed by atoms with Gasteiger partial charge in [0, 0.05) is 19.8 Å². The van der Waals surface area contributed by atoms with Crippen molar-refractivity contribution in [1.29, 1.82) is 0 Å². The monoisotopic (exact) mass is 282 g/mol. The average molecular weight is 282 g/mol. The van der Waals surface area contributed by atoms with Crippen molar-refractivity contribution in [2.45, 2.75) is 57.8 Å². The first kappa shape index (κ1) is 14.4. The zero-order valence-electron chi connectivity index (χ0n) is 12.0. The van der Waals surface area contributed by atoms with E-state index >= 15 is 0 Å². The van der Waals surface area contributed by atoms with Gasteiger partial charge in [-0.05, 0) is 56.3 Å². The second kappa shape index (κ2) is 7.43. The van der Waals surface area contributed by atoms with E-state index in [2.05, 4.69) is 0 Å². The molecule has 108 valence electrons. The fraction of sp³-hybridized carbons (Fsp3) is 1.00. The van der Waals surface area contributed by atoms with Gasteiger partial charge in [0.25, 0.3) is 0 Å². The molecule has 3 nitrogen and oxygen atoms in total. The zero-order valence-corrected chi connectivity index (χ0v) is 13.2. The van der Waals surface area contributed by atoms with Gasteiger partial charge < -0.3 is 11.4 Å². The second-order valence-corrected chi connectivity index (χ2v) is 8.26. The SMILES string of the molecule is C1CC(C[O][Al]([O]CC2CCC2)[O]CC2CCC2)C1. The molecule has 3 aliphatic rings. The van der Waals surface area contributed by atoms with Crippen molar-refractivity contribution < 1.29 is 11.4 Å². The lowest BCUT2D eigenvalue weighted by Gasteiger charge is -2.30. The summed E-state index contributed by atoms with van der Waals surface area (Å²) in [5, 5.41) is 0. The topological polar surface area (TPSA) is 27.7 Å². The van der Waals surface area contributed by atoms with Crippen LogP contribution in [0, 0.1) is 17.8 Å². The smallest absolute Gasteiger partial charge is 0.454 e. The zero-order chi connectivity index (χ0) is 12.9. The van der Waals surface area contributed by atoms with Crippen LogP contribution in [0.1, 0.15) is 57.8 Å². The van der Waals surface area contributed by atoms with Gasteiger partial charge in [0.1, 0.15) is 0 Å². The van der Waals surface area contributed by atoms with Gasteiger partial charge in [-0.3, -0.25) is 0 Å². The van der Waals surface area contributed by atoms with Crippen molar-refractivity contribution in [2.75, 3.05) is 19.8 Å². The molecule has 0 atom stereocenters. The van der Waals surface area contributed by atoms with Gasteiger partial charge in [-0.15, -0.1) is 0 Å². The van der Waals surface area contributed by atoms with E-state index in [0.717, 1.165) is 37.6 Å². The molecule has 0 bridgehead atoms. The third-order valence-electron chi connectivity index (χ3n) is 5.08. The highest BCUT2D eigenvalue weighted by atomic mass is 27.3. The van der Waals surface area contributed by atoms with E-state index in [1.54, 1.807) is 0 Å². The molecule has 0 aromatic heterocycles. The highest BCUT2D eigenvalue weighted by molar-refractivity contribution is 6.36. The van der Waals surface area contributed by atoms with Crippen LogP contribution in [0.3, 0.4) is 0 Å². The summed E-state index contributed by atoms with van der Waals surface area (Å²) in [7, 11) is 0. The molecule has 0 aromatic carbocycles. The van der Waals surface area contributed by atoms with E-state index in [0.29, 0.717) is 0 Å². The molecule has 3 fully saturated rings. The van der Waals surface area contributed by atoms with Crippen LogP contribution in [-0.4, -0.2) is 35.0 Å². The van der Waals surface area contributed by atoms with Crippen LogP contribution in [-0.2, 0) is 11.4 Å². The van der Waals surface area contributed by atoms with Gasteiger partial charge in [-0.2, -0.15) is 0 Å². The van der Waals surface area contributed by atoms with Gasteiger partial charge in [-0.1, -0.05) is 19.3 Å². The number of hydrogen-bond acceptors (Lipinski definition) is 3.